The summed E-state index contributed by atoms with van der Waals surface area (Å²) in [6, 6.07) is 3.74. The highest BCUT2D eigenvalue weighted by Crippen LogP contribution is 2.18. The van der Waals surface area contributed by atoms with Crippen molar-refractivity contribution >= 4 is 17.6 Å². The van der Waals surface area contributed by atoms with Crippen molar-refractivity contribution in [1.82, 2.24) is 0 Å². The van der Waals surface area contributed by atoms with E-state index in [-0.39, 0.29) is 5.97 Å². The van der Waals surface area contributed by atoms with E-state index in [1.54, 1.807) is 0 Å². The molecule has 0 N–H and O–H groups in total. The number of ether oxygens (including phenoxy) is 1. The zero-order valence-electron chi connectivity index (χ0n) is 8.56. The van der Waals surface area contributed by atoms with Crippen molar-refractivity contribution in [2.75, 3.05) is 7.11 Å². The molecule has 0 aliphatic rings. The van der Waals surface area contributed by atoms with E-state index in [9.17, 15) is 4.79 Å². The van der Waals surface area contributed by atoms with E-state index < -0.39 is 0 Å². The minimum absolute atomic E-state index is 0.325. The lowest BCUT2D eigenvalue weighted by molar-refractivity contribution is 0.0599. The number of halogens is 1. The first kappa shape index (κ1) is 11.1. The molecule has 0 saturated heterocycles. The fourth-order valence-corrected chi connectivity index (χ4v) is 1.51. The molecule has 0 aliphatic carbocycles. The summed E-state index contributed by atoms with van der Waals surface area (Å²) in [5, 5.41) is 0. The summed E-state index contributed by atoms with van der Waals surface area (Å²) in [5.41, 5.74) is 3.58. The smallest absolute Gasteiger partial charge is 0.338 e. The molecule has 0 radical (unpaired) electrons. The van der Waals surface area contributed by atoms with Gasteiger partial charge in [-0.15, -0.1) is 11.6 Å². The van der Waals surface area contributed by atoms with Gasteiger partial charge < -0.3 is 4.74 Å². The van der Waals surface area contributed by atoms with Crippen LogP contribution in [-0.2, 0) is 10.6 Å². The lowest BCUT2D eigenvalue weighted by Crippen LogP contribution is -2.06. The van der Waals surface area contributed by atoms with Gasteiger partial charge in [-0.25, -0.2) is 4.79 Å². The van der Waals surface area contributed by atoms with Gasteiger partial charge in [0.1, 0.15) is 0 Å². The summed E-state index contributed by atoms with van der Waals surface area (Å²) in [6.07, 6.45) is 0. The predicted molar refractivity (Wildman–Crippen MR) is 56.8 cm³/mol. The van der Waals surface area contributed by atoms with Gasteiger partial charge in [0.2, 0.25) is 0 Å². The molecule has 3 heteroatoms. The van der Waals surface area contributed by atoms with Crippen LogP contribution in [0.3, 0.4) is 0 Å². The fraction of sp³-hybridized carbons (Fsp3) is 0.364. The Labute approximate surface area is 88.8 Å². The van der Waals surface area contributed by atoms with E-state index in [4.69, 9.17) is 11.6 Å². The Morgan fingerprint density at radius 3 is 2.43 bits per heavy atom. The van der Waals surface area contributed by atoms with Crippen molar-refractivity contribution in [3.63, 3.8) is 0 Å². The SMILES string of the molecule is COC(=O)c1cc(C)c(C)cc1CCl. The minimum atomic E-state index is -0.330. The topological polar surface area (TPSA) is 26.3 Å². The van der Waals surface area contributed by atoms with E-state index in [0.717, 1.165) is 16.7 Å². The number of alkyl halides is 1. The molecule has 0 amide bonds. The Morgan fingerprint density at radius 2 is 1.93 bits per heavy atom. The Kier molecular flexibility index (Phi) is 3.53. The molecule has 0 aromatic heterocycles. The highest BCUT2D eigenvalue weighted by molar-refractivity contribution is 6.17. The van der Waals surface area contributed by atoms with Crippen LogP contribution in [-0.4, -0.2) is 13.1 Å². The van der Waals surface area contributed by atoms with Crippen molar-refractivity contribution < 1.29 is 9.53 Å². The van der Waals surface area contributed by atoms with Gasteiger partial charge in [0.05, 0.1) is 12.7 Å². The third kappa shape index (κ3) is 2.07. The molecule has 0 atom stereocenters. The molecule has 0 unspecified atom stereocenters. The molecule has 1 rings (SSSR count). The van der Waals surface area contributed by atoms with Gasteiger partial charge >= 0.3 is 5.97 Å². The van der Waals surface area contributed by atoms with Crippen molar-refractivity contribution in [1.29, 1.82) is 0 Å². The van der Waals surface area contributed by atoms with Crippen LogP contribution in [0.5, 0.6) is 0 Å². The molecular formula is C11H13ClO2. The molecule has 2 nitrogen and oxygen atoms in total. The van der Waals surface area contributed by atoms with E-state index >= 15 is 0 Å². The van der Waals surface area contributed by atoms with Crippen LogP contribution in [0, 0.1) is 13.8 Å². The third-order valence-electron chi connectivity index (χ3n) is 2.27. The lowest BCUT2D eigenvalue weighted by atomic mass is 10.0. The van der Waals surface area contributed by atoms with Crippen LogP contribution in [0.1, 0.15) is 27.0 Å². The normalized spacial score (nSPS) is 10.0. The molecular weight excluding hydrogens is 200 g/mol. The molecule has 76 valence electrons. The average Bonchev–Trinajstić information content (AvgIpc) is 2.20. The highest BCUT2D eigenvalue weighted by atomic mass is 35.5. The van der Waals surface area contributed by atoms with Crippen molar-refractivity contribution in [3.8, 4) is 0 Å². The van der Waals surface area contributed by atoms with Crippen LogP contribution in [0.2, 0.25) is 0 Å². The standard InChI is InChI=1S/C11H13ClO2/c1-7-4-9(6-12)10(5-8(7)2)11(13)14-3/h4-5H,6H2,1-3H3. The van der Waals surface area contributed by atoms with E-state index in [2.05, 4.69) is 4.74 Å². The van der Waals surface area contributed by atoms with E-state index in [0.29, 0.717) is 11.4 Å². The van der Waals surface area contributed by atoms with Gasteiger partial charge in [0.15, 0.2) is 0 Å². The average molecular weight is 213 g/mol. The lowest BCUT2D eigenvalue weighted by Gasteiger charge is -2.08. The Hall–Kier alpha value is -1.02. The summed E-state index contributed by atoms with van der Waals surface area (Å²) in [6.45, 7) is 3.95. The second-order valence-corrected chi connectivity index (χ2v) is 3.49. The predicted octanol–water partition coefficient (Wildman–Crippen LogP) is 2.83. The molecule has 0 spiro atoms. The van der Waals surface area contributed by atoms with Crippen molar-refractivity contribution in [2.24, 2.45) is 0 Å². The Morgan fingerprint density at radius 1 is 1.36 bits per heavy atom. The first-order valence-electron chi connectivity index (χ1n) is 4.34. The summed E-state index contributed by atoms with van der Waals surface area (Å²) in [7, 11) is 1.37. The first-order valence-corrected chi connectivity index (χ1v) is 4.88. The summed E-state index contributed by atoms with van der Waals surface area (Å²) in [4.78, 5) is 11.4. The quantitative estimate of drug-likeness (QED) is 0.557. The number of carbonyl (C=O) groups is 1. The van der Waals surface area contributed by atoms with Gasteiger partial charge in [0.25, 0.3) is 0 Å². The number of hydrogen-bond acceptors (Lipinski definition) is 2. The number of benzene rings is 1. The van der Waals surface area contributed by atoms with Gasteiger partial charge in [-0.3, -0.25) is 0 Å². The molecule has 0 aliphatic heterocycles. The largest absolute Gasteiger partial charge is 0.465 e. The number of carbonyl (C=O) groups excluding carboxylic acids is 1. The number of aryl methyl sites for hydroxylation is 2. The number of esters is 1. The zero-order chi connectivity index (χ0) is 10.7. The molecule has 0 bridgehead atoms. The summed E-state index contributed by atoms with van der Waals surface area (Å²) < 4.78 is 4.68. The fourth-order valence-electron chi connectivity index (χ4n) is 1.29. The molecule has 1 aromatic carbocycles. The van der Waals surface area contributed by atoms with Crippen molar-refractivity contribution in [3.05, 3.63) is 34.4 Å². The van der Waals surface area contributed by atoms with Gasteiger partial charge in [-0.05, 0) is 36.6 Å². The monoisotopic (exact) mass is 212 g/mol. The van der Waals surface area contributed by atoms with E-state index in [1.165, 1.54) is 7.11 Å². The van der Waals surface area contributed by atoms with Gasteiger partial charge in [-0.1, -0.05) is 6.07 Å². The maximum absolute atomic E-state index is 11.4. The second kappa shape index (κ2) is 4.47. The molecule has 0 fully saturated rings. The highest BCUT2D eigenvalue weighted by Gasteiger charge is 2.12. The molecule has 1 aromatic rings. The van der Waals surface area contributed by atoms with Gasteiger partial charge in [-0.2, -0.15) is 0 Å². The summed E-state index contributed by atoms with van der Waals surface area (Å²) >= 11 is 5.75. The molecule has 0 heterocycles. The number of rotatable bonds is 2. The van der Waals surface area contributed by atoms with Crippen LogP contribution in [0.4, 0.5) is 0 Å². The van der Waals surface area contributed by atoms with Crippen LogP contribution in [0.25, 0.3) is 0 Å². The third-order valence-corrected chi connectivity index (χ3v) is 2.56. The summed E-state index contributed by atoms with van der Waals surface area (Å²) in [5.74, 6) is -0.00491. The number of hydrogen-bond donors (Lipinski definition) is 0. The molecule has 14 heavy (non-hydrogen) atoms. The van der Waals surface area contributed by atoms with Crippen LogP contribution >= 0.6 is 11.6 Å². The second-order valence-electron chi connectivity index (χ2n) is 3.22. The minimum Gasteiger partial charge on any atom is -0.465 e. The number of methoxy groups -OCH3 is 1. The van der Waals surface area contributed by atoms with E-state index in [1.807, 2.05) is 26.0 Å². The first-order chi connectivity index (χ1) is 6.60. The Bertz CT molecular complexity index is 359. The van der Waals surface area contributed by atoms with Crippen LogP contribution in [0.15, 0.2) is 12.1 Å². The maximum atomic E-state index is 11.4. The van der Waals surface area contributed by atoms with Crippen LogP contribution < -0.4 is 0 Å². The van der Waals surface area contributed by atoms with Crippen molar-refractivity contribution in [2.45, 2.75) is 19.7 Å². The maximum Gasteiger partial charge on any atom is 0.338 e. The Balaban J connectivity index is 3.27. The zero-order valence-corrected chi connectivity index (χ0v) is 9.31. The van der Waals surface area contributed by atoms with Gasteiger partial charge in [0, 0.05) is 5.88 Å². The molecule has 0 saturated carbocycles.